The molecule has 3 rings (SSSR count). The minimum atomic E-state index is -3.79. The van der Waals surface area contributed by atoms with E-state index in [2.05, 4.69) is 10.3 Å². The summed E-state index contributed by atoms with van der Waals surface area (Å²) in [6.45, 7) is 7.65. The smallest absolute Gasteiger partial charge is 0.276 e. The van der Waals surface area contributed by atoms with Gasteiger partial charge >= 0.3 is 0 Å². The van der Waals surface area contributed by atoms with Crippen molar-refractivity contribution < 1.29 is 17.4 Å². The molecule has 3 heterocycles. The number of hydrogen-bond acceptors (Lipinski definition) is 6. The van der Waals surface area contributed by atoms with E-state index in [1.54, 1.807) is 10.7 Å². The first-order chi connectivity index (χ1) is 12.1. The highest BCUT2D eigenvalue weighted by Crippen LogP contribution is 2.30. The number of sulfonamides is 1. The fourth-order valence-corrected chi connectivity index (χ4v) is 3.77. The first-order valence-corrected chi connectivity index (χ1v) is 9.55. The maximum Gasteiger partial charge on any atom is 0.276 e. The van der Waals surface area contributed by atoms with E-state index in [-0.39, 0.29) is 11.6 Å². The molecule has 0 aromatic carbocycles. The van der Waals surface area contributed by atoms with Gasteiger partial charge in [-0.3, -0.25) is 4.68 Å². The van der Waals surface area contributed by atoms with Gasteiger partial charge in [-0.15, -0.1) is 0 Å². The summed E-state index contributed by atoms with van der Waals surface area (Å²) in [7, 11) is -0.432. The van der Waals surface area contributed by atoms with Crippen LogP contribution in [0, 0.1) is 27.7 Å². The number of furan rings is 1. The average Bonchev–Trinajstić information content (AvgIpc) is 3.24. The molecule has 0 bridgehead atoms. The Kier molecular flexibility index (Phi) is 4.53. The molecule has 0 saturated carbocycles. The molecular weight excluding hydrogens is 356 g/mol. The van der Waals surface area contributed by atoms with E-state index >= 15 is 0 Å². The van der Waals surface area contributed by atoms with Crippen LogP contribution in [-0.4, -0.2) is 34.7 Å². The van der Waals surface area contributed by atoms with Crippen molar-refractivity contribution in [3.05, 3.63) is 40.3 Å². The first kappa shape index (κ1) is 18.4. The maximum atomic E-state index is 12.9. The highest BCUT2D eigenvalue weighted by Gasteiger charge is 2.27. The lowest BCUT2D eigenvalue weighted by atomic mass is 10.2. The Morgan fingerprint density at radius 3 is 2.38 bits per heavy atom. The van der Waals surface area contributed by atoms with E-state index in [9.17, 15) is 8.42 Å². The van der Waals surface area contributed by atoms with E-state index in [4.69, 9.17) is 8.94 Å². The molecule has 0 saturated heterocycles. The van der Waals surface area contributed by atoms with Gasteiger partial charge in [0.15, 0.2) is 5.76 Å². The van der Waals surface area contributed by atoms with Gasteiger partial charge < -0.3 is 8.94 Å². The molecule has 140 valence electrons. The second kappa shape index (κ2) is 6.40. The molecule has 0 aliphatic heterocycles. The van der Waals surface area contributed by atoms with Crippen molar-refractivity contribution in [2.24, 2.45) is 7.05 Å². The fourth-order valence-electron chi connectivity index (χ4n) is 2.73. The third-order valence-corrected chi connectivity index (χ3v) is 6.34. The summed E-state index contributed by atoms with van der Waals surface area (Å²) >= 11 is 0. The van der Waals surface area contributed by atoms with Gasteiger partial charge in [0.05, 0.1) is 11.4 Å². The Labute approximate surface area is 152 Å². The Balaban J connectivity index is 1.89. The highest BCUT2D eigenvalue weighted by atomic mass is 32.2. The second-order valence-electron chi connectivity index (χ2n) is 6.37. The van der Waals surface area contributed by atoms with Crippen LogP contribution in [0.4, 0.5) is 0 Å². The standard InChI is InChI=1S/C17H22N4O4S/c1-10-11(2)19-25-17(10)15-7-8-16(24-15)26(22,23)20(5)9-14-12(3)18-21(6)13(14)4/h7-8H,9H2,1-6H3. The van der Waals surface area contributed by atoms with Gasteiger partial charge in [0.1, 0.15) is 0 Å². The highest BCUT2D eigenvalue weighted by molar-refractivity contribution is 7.88. The zero-order valence-electron chi connectivity index (χ0n) is 15.7. The average molecular weight is 378 g/mol. The lowest BCUT2D eigenvalue weighted by molar-refractivity contribution is 0.386. The Hall–Kier alpha value is -2.39. The molecule has 0 atom stereocenters. The lowest BCUT2D eigenvalue weighted by Crippen LogP contribution is -2.26. The van der Waals surface area contributed by atoms with Gasteiger partial charge in [0, 0.05) is 37.5 Å². The van der Waals surface area contributed by atoms with Crippen molar-refractivity contribution in [1.82, 2.24) is 19.2 Å². The van der Waals surface area contributed by atoms with Crippen LogP contribution in [0.3, 0.4) is 0 Å². The third-order valence-electron chi connectivity index (χ3n) is 4.67. The minimum absolute atomic E-state index is 0.136. The fraction of sp³-hybridized carbons (Fsp3) is 0.412. The second-order valence-corrected chi connectivity index (χ2v) is 8.35. The molecule has 8 nitrogen and oxygen atoms in total. The number of aryl methyl sites for hydroxylation is 3. The van der Waals surface area contributed by atoms with Gasteiger partial charge in [-0.05, 0) is 39.8 Å². The zero-order valence-corrected chi connectivity index (χ0v) is 16.5. The molecule has 0 aliphatic carbocycles. The van der Waals surface area contributed by atoms with E-state index in [0.717, 1.165) is 28.2 Å². The van der Waals surface area contributed by atoms with Crippen LogP contribution in [0.5, 0.6) is 0 Å². The first-order valence-electron chi connectivity index (χ1n) is 8.11. The van der Waals surface area contributed by atoms with E-state index in [1.807, 2.05) is 34.7 Å². The van der Waals surface area contributed by atoms with E-state index in [0.29, 0.717) is 11.5 Å². The summed E-state index contributed by atoms with van der Waals surface area (Å²) in [6, 6.07) is 3.01. The van der Waals surface area contributed by atoms with Crippen LogP contribution in [0.15, 0.2) is 26.2 Å². The molecule has 0 fully saturated rings. The Morgan fingerprint density at radius 1 is 1.15 bits per heavy atom. The van der Waals surface area contributed by atoms with Crippen LogP contribution in [0.2, 0.25) is 0 Å². The van der Waals surface area contributed by atoms with Crippen LogP contribution in [0.25, 0.3) is 11.5 Å². The SMILES string of the molecule is Cc1noc(-c2ccc(S(=O)(=O)N(C)Cc3c(C)nn(C)c3C)o2)c1C. The largest absolute Gasteiger partial charge is 0.440 e. The van der Waals surface area contributed by atoms with Crippen LogP contribution >= 0.6 is 0 Å². The molecule has 0 radical (unpaired) electrons. The lowest BCUT2D eigenvalue weighted by Gasteiger charge is -2.15. The molecule has 3 aromatic heterocycles. The molecule has 0 N–H and O–H groups in total. The van der Waals surface area contributed by atoms with E-state index in [1.165, 1.54) is 17.4 Å². The normalized spacial score (nSPS) is 12.3. The Morgan fingerprint density at radius 2 is 1.85 bits per heavy atom. The molecule has 26 heavy (non-hydrogen) atoms. The number of aromatic nitrogens is 3. The van der Waals surface area contributed by atoms with Gasteiger partial charge in [0.25, 0.3) is 10.0 Å². The number of nitrogens with zero attached hydrogens (tertiary/aromatic N) is 4. The zero-order chi connectivity index (χ0) is 19.2. The van der Waals surface area contributed by atoms with Crippen LogP contribution in [-0.2, 0) is 23.6 Å². The summed E-state index contributed by atoms with van der Waals surface area (Å²) in [5.74, 6) is 0.773. The topological polar surface area (TPSA) is 94.4 Å². The number of rotatable bonds is 5. The van der Waals surface area contributed by atoms with Gasteiger partial charge in [0.2, 0.25) is 10.9 Å². The molecule has 0 unspecified atom stereocenters. The summed E-state index contributed by atoms with van der Waals surface area (Å²) in [5.41, 5.74) is 4.17. The molecular formula is C17H22N4O4S. The van der Waals surface area contributed by atoms with Crippen LogP contribution < -0.4 is 0 Å². The predicted octanol–water partition coefficient (Wildman–Crippen LogP) is 2.72. The summed E-state index contributed by atoms with van der Waals surface area (Å²) in [6.07, 6.45) is 0. The molecule has 0 amide bonds. The van der Waals surface area contributed by atoms with Crippen molar-refractivity contribution in [2.75, 3.05) is 7.05 Å². The van der Waals surface area contributed by atoms with Crippen molar-refractivity contribution in [1.29, 1.82) is 0 Å². The monoisotopic (exact) mass is 378 g/mol. The molecule has 0 spiro atoms. The summed E-state index contributed by atoms with van der Waals surface area (Å²) in [4.78, 5) is 0. The van der Waals surface area contributed by atoms with Crippen molar-refractivity contribution in [3.8, 4) is 11.5 Å². The van der Waals surface area contributed by atoms with Crippen molar-refractivity contribution >= 4 is 10.0 Å². The minimum Gasteiger partial charge on any atom is -0.440 e. The van der Waals surface area contributed by atoms with Gasteiger partial charge in [-0.2, -0.15) is 9.40 Å². The number of hydrogen-bond donors (Lipinski definition) is 0. The summed E-state index contributed by atoms with van der Waals surface area (Å²) in [5, 5.41) is 8.06. The van der Waals surface area contributed by atoms with Crippen molar-refractivity contribution in [3.63, 3.8) is 0 Å². The molecule has 3 aromatic rings. The third kappa shape index (κ3) is 2.97. The summed E-state index contributed by atoms with van der Waals surface area (Å²) < 4.78 is 39.5. The van der Waals surface area contributed by atoms with E-state index < -0.39 is 10.0 Å². The van der Waals surface area contributed by atoms with Gasteiger partial charge in [-0.25, -0.2) is 8.42 Å². The predicted molar refractivity (Wildman–Crippen MR) is 95.0 cm³/mol. The molecule has 9 heteroatoms. The van der Waals surface area contributed by atoms with Crippen LogP contribution in [0.1, 0.15) is 28.2 Å². The quantitative estimate of drug-likeness (QED) is 0.677. The van der Waals surface area contributed by atoms with Crippen molar-refractivity contribution in [2.45, 2.75) is 39.3 Å². The van der Waals surface area contributed by atoms with Gasteiger partial charge in [-0.1, -0.05) is 5.16 Å². The Bertz CT molecular complexity index is 1060. The molecule has 0 aliphatic rings. The maximum absolute atomic E-state index is 12.9.